The number of hydrogen-bond acceptors (Lipinski definition) is 12. The highest BCUT2D eigenvalue weighted by atomic mass is 79.9. The Bertz CT molecular complexity index is 3230. The maximum absolute atomic E-state index is 14.2. The number of halogens is 2. The van der Waals surface area contributed by atoms with Gasteiger partial charge in [0.15, 0.2) is 0 Å². The second-order valence-electron chi connectivity index (χ2n) is 19.9. The Balaban J connectivity index is 1.33. The van der Waals surface area contributed by atoms with E-state index in [9.17, 15) is 39.6 Å². The number of phenols is 4. The van der Waals surface area contributed by atoms with E-state index in [1.54, 1.807) is 149 Å². The van der Waals surface area contributed by atoms with Crippen molar-refractivity contribution in [2.45, 2.75) is 79.1 Å². The second-order valence-corrected chi connectivity index (χ2v) is 21.5. The molecular formula is C64H54Br2O12. The number of esters is 4. The van der Waals surface area contributed by atoms with Crippen LogP contribution in [0.25, 0.3) is 0 Å². The van der Waals surface area contributed by atoms with Crippen LogP contribution in [0.4, 0.5) is 0 Å². The van der Waals surface area contributed by atoms with Crippen LogP contribution < -0.4 is 18.9 Å². The number of phenolic OH excluding ortho intramolecular Hbond substituents is 4. The van der Waals surface area contributed by atoms with E-state index in [1.807, 2.05) is 27.7 Å². The first-order valence-electron chi connectivity index (χ1n) is 25.1. The lowest BCUT2D eigenvalue weighted by molar-refractivity contribution is 0.0711. The minimum absolute atomic E-state index is 0.0359. The largest absolute Gasteiger partial charge is 0.506 e. The van der Waals surface area contributed by atoms with Crippen molar-refractivity contribution >= 4 is 55.7 Å². The fourth-order valence-electron chi connectivity index (χ4n) is 9.62. The lowest BCUT2D eigenvalue weighted by atomic mass is 9.80. The van der Waals surface area contributed by atoms with Gasteiger partial charge in [-0.25, -0.2) is 19.2 Å². The molecule has 396 valence electrons. The molecule has 0 heterocycles. The van der Waals surface area contributed by atoms with Crippen LogP contribution in [-0.4, -0.2) is 44.3 Å². The molecule has 0 unspecified atom stereocenters. The molecule has 4 N–H and O–H groups in total. The molecule has 1 aliphatic rings. The summed E-state index contributed by atoms with van der Waals surface area (Å²) in [6.07, 6.45) is 0. The van der Waals surface area contributed by atoms with Crippen molar-refractivity contribution in [2.75, 3.05) is 0 Å². The zero-order valence-electron chi connectivity index (χ0n) is 43.8. The monoisotopic (exact) mass is 1170 g/mol. The maximum Gasteiger partial charge on any atom is 0.343 e. The van der Waals surface area contributed by atoms with E-state index in [4.69, 9.17) is 18.9 Å². The molecule has 0 spiro atoms. The molecule has 8 bridgehead atoms. The third-order valence-corrected chi connectivity index (χ3v) is 16.0. The van der Waals surface area contributed by atoms with Gasteiger partial charge >= 0.3 is 23.9 Å². The van der Waals surface area contributed by atoms with Gasteiger partial charge in [0.25, 0.3) is 0 Å². The molecule has 0 saturated heterocycles. The van der Waals surface area contributed by atoms with Gasteiger partial charge < -0.3 is 39.4 Å². The van der Waals surface area contributed by atoms with Crippen molar-refractivity contribution in [3.63, 3.8) is 0 Å². The predicted molar refractivity (Wildman–Crippen MR) is 302 cm³/mol. The first kappa shape index (κ1) is 54.6. The number of aromatic hydroxyl groups is 4. The zero-order chi connectivity index (χ0) is 56.0. The third-order valence-electron chi connectivity index (χ3n) is 14.5. The van der Waals surface area contributed by atoms with Crippen molar-refractivity contribution in [1.29, 1.82) is 0 Å². The Labute approximate surface area is 468 Å². The van der Waals surface area contributed by atoms with E-state index in [0.29, 0.717) is 22.3 Å². The van der Waals surface area contributed by atoms with Gasteiger partial charge in [-0.1, -0.05) is 98.5 Å². The molecule has 0 amide bonds. The quantitative estimate of drug-likeness (QED) is 0.0835. The first-order chi connectivity index (χ1) is 37.1. The number of aryl methyl sites for hydroxylation is 4. The van der Waals surface area contributed by atoms with Crippen LogP contribution in [0.1, 0.15) is 160 Å². The Kier molecular flexibility index (Phi) is 15.4. The van der Waals surface area contributed by atoms with Crippen LogP contribution in [0.15, 0.2) is 142 Å². The minimum Gasteiger partial charge on any atom is -0.506 e. The van der Waals surface area contributed by atoms with Gasteiger partial charge in [-0.3, -0.25) is 0 Å². The number of ether oxygens (including phenoxy) is 4. The Hall–Kier alpha value is -8.20. The van der Waals surface area contributed by atoms with Gasteiger partial charge in [-0.2, -0.15) is 0 Å². The third kappa shape index (κ3) is 10.7. The fraction of sp³-hybridized carbons (Fsp3) is 0.188. The van der Waals surface area contributed by atoms with Gasteiger partial charge in [-0.05, 0) is 132 Å². The van der Waals surface area contributed by atoms with Gasteiger partial charge in [0, 0.05) is 80.3 Å². The molecule has 14 heteroatoms. The molecule has 9 rings (SSSR count). The molecule has 78 heavy (non-hydrogen) atoms. The lowest BCUT2D eigenvalue weighted by Gasteiger charge is -2.28. The van der Waals surface area contributed by atoms with Gasteiger partial charge in [-0.15, -0.1) is 0 Å². The minimum atomic E-state index is -0.886. The molecule has 8 aromatic carbocycles. The topological polar surface area (TPSA) is 186 Å². The second kappa shape index (κ2) is 22.0. The molecule has 0 fully saturated rings. The highest BCUT2D eigenvalue weighted by Gasteiger charge is 2.34. The Morgan fingerprint density at radius 1 is 0.321 bits per heavy atom. The fourth-order valence-corrected chi connectivity index (χ4v) is 10.5. The summed E-state index contributed by atoms with van der Waals surface area (Å²) < 4.78 is 24.9. The van der Waals surface area contributed by atoms with Crippen LogP contribution in [0.2, 0.25) is 0 Å². The van der Waals surface area contributed by atoms with E-state index in [2.05, 4.69) is 31.9 Å². The van der Waals surface area contributed by atoms with Crippen molar-refractivity contribution in [3.05, 3.63) is 231 Å². The number of hydrogen-bond donors (Lipinski definition) is 4. The zero-order valence-corrected chi connectivity index (χ0v) is 47.0. The van der Waals surface area contributed by atoms with E-state index in [0.717, 1.165) is 22.3 Å². The molecule has 12 nitrogen and oxygen atoms in total. The summed E-state index contributed by atoms with van der Waals surface area (Å²) in [4.78, 5) is 56.6. The number of fused-ring (bicyclic) bond motifs is 8. The lowest BCUT2D eigenvalue weighted by Crippen LogP contribution is -2.16. The molecule has 8 aromatic rings. The first-order valence-corrected chi connectivity index (χ1v) is 26.7. The van der Waals surface area contributed by atoms with Crippen LogP contribution in [0.5, 0.6) is 46.0 Å². The maximum atomic E-state index is 14.2. The SMILES string of the molecule is Cc1ccc(C(=O)Oc2cc(OC(=O)c3ccc(C)cc3)c3cc2[C@@H](C)c2cc(c(O)c(Br)c2O)[C@H](C)c2cc(c(OC(=O)c4ccc(C)cc4)cc2OC(=O)c2ccc(C)cc2)[C@H](C)c2cc(c(O)c(Br)c2O)[C@H]3C)cc1. The number of rotatable bonds is 8. The van der Waals surface area contributed by atoms with Crippen LogP contribution >= 0.6 is 31.9 Å². The number of carbonyl (C=O) groups excluding carboxylic acids is 4. The predicted octanol–water partition coefficient (Wildman–Crippen LogP) is 15.1. The highest BCUT2D eigenvalue weighted by Crippen LogP contribution is 2.54. The summed E-state index contributed by atoms with van der Waals surface area (Å²) in [5.41, 5.74) is 6.85. The Morgan fingerprint density at radius 3 is 0.692 bits per heavy atom. The summed E-state index contributed by atoms with van der Waals surface area (Å²) in [7, 11) is 0. The highest BCUT2D eigenvalue weighted by molar-refractivity contribution is 9.11. The summed E-state index contributed by atoms with van der Waals surface area (Å²) in [6, 6.07) is 36.6. The molecular weight excluding hydrogens is 1120 g/mol. The van der Waals surface area contributed by atoms with E-state index < -0.39 is 47.5 Å². The number of benzene rings is 8. The molecule has 0 aromatic heterocycles. The summed E-state index contributed by atoms with van der Waals surface area (Å²) >= 11 is 6.93. The van der Waals surface area contributed by atoms with Crippen molar-refractivity contribution in [2.24, 2.45) is 0 Å². The summed E-state index contributed by atoms with van der Waals surface area (Å²) in [6.45, 7) is 14.6. The molecule has 0 radical (unpaired) electrons. The molecule has 1 aliphatic carbocycles. The smallest absolute Gasteiger partial charge is 0.343 e. The van der Waals surface area contributed by atoms with Crippen LogP contribution in [0.3, 0.4) is 0 Å². The summed E-state index contributed by atoms with van der Waals surface area (Å²) in [5.74, 6) is -8.01. The standard InChI is InChI=1S/C64H54Br2O12/c1-31-9-17-39(18-10-31)61(71)75-51-29-52(76-62(72)40-19-11-32(2)12-20-40)44-25-43(51)35(5)47-27-48(58(68)55(65)57(47)67)37(7)45-26-46(38(8)50-28-49(36(44)6)59(69)56(66)60(50)70)54(78-64(74)42-23-15-34(4)16-24-42)30-53(45)77-63(73)41-21-13-33(3)14-22-41/h9-30,35-38,67-70H,1-8H3/t35-,36+,37-,38+. The molecule has 0 saturated carbocycles. The van der Waals surface area contributed by atoms with Gasteiger partial charge in [0.05, 0.1) is 22.3 Å². The van der Waals surface area contributed by atoms with Gasteiger partial charge in [0.2, 0.25) is 0 Å². The Morgan fingerprint density at radius 2 is 0.500 bits per heavy atom. The van der Waals surface area contributed by atoms with Crippen molar-refractivity contribution in [1.82, 2.24) is 0 Å². The van der Waals surface area contributed by atoms with E-state index >= 15 is 0 Å². The molecule has 4 atom stereocenters. The van der Waals surface area contributed by atoms with Crippen molar-refractivity contribution in [3.8, 4) is 46.0 Å². The van der Waals surface area contributed by atoms with Gasteiger partial charge in [0.1, 0.15) is 54.9 Å². The summed E-state index contributed by atoms with van der Waals surface area (Å²) in [5, 5.41) is 48.4. The normalized spacial score (nSPS) is 15.7. The number of carbonyl (C=O) groups is 4. The average Bonchev–Trinajstić information content (AvgIpc) is 3.47. The van der Waals surface area contributed by atoms with Crippen LogP contribution in [0, 0.1) is 27.7 Å². The molecule has 0 aliphatic heterocycles. The average molecular weight is 1170 g/mol. The van der Waals surface area contributed by atoms with E-state index in [-0.39, 0.29) is 99.4 Å². The van der Waals surface area contributed by atoms with E-state index in [1.165, 1.54) is 12.1 Å². The van der Waals surface area contributed by atoms with Crippen molar-refractivity contribution < 1.29 is 58.6 Å². The van der Waals surface area contributed by atoms with Crippen LogP contribution in [-0.2, 0) is 0 Å².